The molecule has 0 saturated carbocycles. The van der Waals surface area contributed by atoms with Crippen LogP contribution in [0, 0.1) is 0 Å². The molecule has 27 heavy (non-hydrogen) atoms. The molecule has 0 radical (unpaired) electrons. The maximum Gasteiger partial charge on any atom is 0.257 e. The molecule has 6 nitrogen and oxygen atoms in total. The second-order valence-electron chi connectivity index (χ2n) is 5.49. The lowest BCUT2D eigenvalue weighted by Gasteiger charge is -2.06. The van der Waals surface area contributed by atoms with Gasteiger partial charge in [0.1, 0.15) is 0 Å². The van der Waals surface area contributed by atoms with Gasteiger partial charge in [-0.3, -0.25) is 14.9 Å². The fraction of sp³-hybridized carbons (Fsp3) is 0.111. The number of anilines is 1. The summed E-state index contributed by atoms with van der Waals surface area (Å²) in [6, 6.07) is 12.8. The van der Waals surface area contributed by atoms with Crippen molar-refractivity contribution in [3.63, 3.8) is 0 Å². The largest absolute Gasteiger partial charge is 0.351 e. The molecule has 1 aromatic carbocycles. The normalized spacial score (nSPS) is 10.3. The Labute approximate surface area is 169 Å². The van der Waals surface area contributed by atoms with Gasteiger partial charge in [0.05, 0.1) is 17.1 Å². The number of benzene rings is 1. The van der Waals surface area contributed by atoms with E-state index < -0.39 is 0 Å². The summed E-state index contributed by atoms with van der Waals surface area (Å²) in [6.07, 6.45) is 0. The summed E-state index contributed by atoms with van der Waals surface area (Å²) in [5.74, 6) is -0.332. The number of hydrogen-bond donors (Lipinski definition) is 3. The minimum Gasteiger partial charge on any atom is -0.351 e. The Balaban J connectivity index is 1.58. The monoisotopic (exact) mass is 416 g/mol. The molecule has 0 aliphatic carbocycles. The lowest BCUT2D eigenvalue weighted by atomic mass is 10.2. The summed E-state index contributed by atoms with van der Waals surface area (Å²) in [4.78, 5) is 29.6. The Morgan fingerprint density at radius 3 is 2.67 bits per heavy atom. The van der Waals surface area contributed by atoms with Crippen molar-refractivity contribution < 1.29 is 9.59 Å². The van der Waals surface area contributed by atoms with Gasteiger partial charge in [-0.15, -0.1) is 22.7 Å². The molecule has 3 aromatic rings. The number of amides is 2. The molecule has 0 bridgehead atoms. The van der Waals surface area contributed by atoms with Gasteiger partial charge in [-0.05, 0) is 36.5 Å². The quantitative estimate of drug-likeness (QED) is 0.553. The van der Waals surface area contributed by atoms with Crippen LogP contribution in [0.4, 0.5) is 5.13 Å². The molecule has 0 atom stereocenters. The van der Waals surface area contributed by atoms with E-state index in [1.165, 1.54) is 18.3 Å². The van der Waals surface area contributed by atoms with Gasteiger partial charge < -0.3 is 10.6 Å². The van der Waals surface area contributed by atoms with Gasteiger partial charge in [-0.2, -0.15) is 0 Å². The second kappa shape index (κ2) is 8.85. The Bertz CT molecular complexity index is 966. The highest BCUT2D eigenvalue weighted by molar-refractivity contribution is 7.80. The van der Waals surface area contributed by atoms with Gasteiger partial charge in [-0.25, -0.2) is 4.98 Å². The predicted molar refractivity (Wildman–Crippen MR) is 113 cm³/mol. The van der Waals surface area contributed by atoms with Gasteiger partial charge in [0.25, 0.3) is 5.91 Å². The Morgan fingerprint density at radius 2 is 1.93 bits per heavy atom. The summed E-state index contributed by atoms with van der Waals surface area (Å²) < 4.78 is 0. The zero-order valence-electron chi connectivity index (χ0n) is 14.3. The average Bonchev–Trinajstić information content (AvgIpc) is 3.29. The molecule has 3 rings (SSSR count). The number of carbonyl (C=O) groups excluding carboxylic acids is 2. The molecule has 0 saturated heterocycles. The topological polar surface area (TPSA) is 83.1 Å². The van der Waals surface area contributed by atoms with Crippen LogP contribution in [0.3, 0.4) is 0 Å². The third-order valence-electron chi connectivity index (χ3n) is 3.41. The van der Waals surface area contributed by atoms with Crippen molar-refractivity contribution in [2.45, 2.75) is 13.5 Å². The molecule has 2 amide bonds. The number of thiophene rings is 1. The number of thiocarbonyl (C=S) groups is 1. The summed E-state index contributed by atoms with van der Waals surface area (Å²) in [5, 5.41) is 11.1. The molecular weight excluding hydrogens is 400 g/mol. The highest BCUT2D eigenvalue weighted by atomic mass is 32.1. The van der Waals surface area contributed by atoms with Crippen molar-refractivity contribution in [1.82, 2.24) is 15.6 Å². The van der Waals surface area contributed by atoms with Crippen LogP contribution in [0.5, 0.6) is 0 Å². The fourth-order valence-corrected chi connectivity index (χ4v) is 4.11. The first kappa shape index (κ1) is 19.2. The van der Waals surface area contributed by atoms with E-state index in [0.717, 1.165) is 15.4 Å². The second-order valence-corrected chi connectivity index (χ2v) is 7.92. The van der Waals surface area contributed by atoms with Crippen LogP contribution in [-0.4, -0.2) is 21.9 Å². The summed E-state index contributed by atoms with van der Waals surface area (Å²) in [6.45, 7) is 2.00. The molecule has 0 unspecified atom stereocenters. The van der Waals surface area contributed by atoms with Gasteiger partial charge in [0, 0.05) is 22.7 Å². The maximum atomic E-state index is 12.1. The third kappa shape index (κ3) is 5.43. The summed E-state index contributed by atoms with van der Waals surface area (Å²) in [7, 11) is 0. The van der Waals surface area contributed by atoms with Crippen LogP contribution >= 0.6 is 34.9 Å². The molecule has 138 valence electrons. The number of rotatable bonds is 5. The summed E-state index contributed by atoms with van der Waals surface area (Å²) in [5.41, 5.74) is 1.35. The Hall–Kier alpha value is -2.62. The zero-order valence-corrected chi connectivity index (χ0v) is 16.8. The van der Waals surface area contributed by atoms with Crippen molar-refractivity contribution in [2.24, 2.45) is 0 Å². The minimum absolute atomic E-state index is 0.0591. The smallest absolute Gasteiger partial charge is 0.257 e. The Morgan fingerprint density at radius 1 is 1.15 bits per heavy atom. The maximum absolute atomic E-state index is 12.1. The van der Waals surface area contributed by atoms with E-state index in [2.05, 4.69) is 20.9 Å². The van der Waals surface area contributed by atoms with Crippen LogP contribution in [0.2, 0.25) is 0 Å². The first-order chi connectivity index (χ1) is 13.0. The summed E-state index contributed by atoms with van der Waals surface area (Å²) >= 11 is 8.15. The van der Waals surface area contributed by atoms with Crippen molar-refractivity contribution in [3.05, 3.63) is 58.3 Å². The zero-order chi connectivity index (χ0) is 19.2. The molecule has 9 heteroatoms. The van der Waals surface area contributed by atoms with Gasteiger partial charge in [0.2, 0.25) is 5.91 Å². The van der Waals surface area contributed by atoms with Crippen molar-refractivity contribution in [3.8, 4) is 10.6 Å². The molecule has 0 fully saturated rings. The molecule has 0 aliphatic heterocycles. The molecular formula is C18H16N4O2S3. The number of thiazole rings is 1. The Kier molecular flexibility index (Phi) is 6.28. The van der Waals surface area contributed by atoms with Crippen LogP contribution in [0.1, 0.15) is 22.2 Å². The number of aromatic nitrogens is 1. The number of nitrogens with zero attached hydrogens (tertiary/aromatic N) is 1. The number of carbonyl (C=O) groups is 2. The van der Waals surface area contributed by atoms with Crippen LogP contribution in [0.15, 0.2) is 47.8 Å². The minimum atomic E-state index is -0.272. The standard InChI is InChI=1S/C18H16N4O2S3/c1-11(23)19-9-13-7-8-15(27-13)14-10-26-18(20-14)22-17(25)21-16(24)12-5-3-2-4-6-12/h2-8,10H,9H2,1H3,(H,19,23)(H2,20,21,22,24,25). The average molecular weight is 417 g/mol. The number of nitrogens with one attached hydrogen (secondary N) is 3. The molecule has 0 aliphatic rings. The van der Waals surface area contributed by atoms with Gasteiger partial charge in [-0.1, -0.05) is 18.2 Å². The van der Waals surface area contributed by atoms with Crippen molar-refractivity contribution >= 4 is 56.9 Å². The van der Waals surface area contributed by atoms with E-state index in [1.54, 1.807) is 35.6 Å². The highest BCUT2D eigenvalue weighted by Gasteiger charge is 2.11. The SMILES string of the molecule is CC(=O)NCc1ccc(-c2csc(NC(=S)NC(=O)c3ccccc3)n2)s1. The molecule has 2 heterocycles. The lowest BCUT2D eigenvalue weighted by Crippen LogP contribution is -2.34. The molecule has 0 spiro atoms. The van der Waals surface area contributed by atoms with Crippen LogP contribution < -0.4 is 16.0 Å². The number of hydrogen-bond acceptors (Lipinski definition) is 6. The van der Waals surface area contributed by atoms with Crippen LogP contribution in [0.25, 0.3) is 10.6 Å². The molecule has 3 N–H and O–H groups in total. The predicted octanol–water partition coefficient (Wildman–Crippen LogP) is 3.63. The van der Waals surface area contributed by atoms with E-state index in [9.17, 15) is 9.59 Å². The van der Waals surface area contributed by atoms with E-state index in [1.807, 2.05) is 23.6 Å². The van der Waals surface area contributed by atoms with Crippen LogP contribution in [-0.2, 0) is 11.3 Å². The first-order valence-electron chi connectivity index (χ1n) is 7.97. The third-order valence-corrected chi connectivity index (χ3v) is 5.48. The van der Waals surface area contributed by atoms with Crippen molar-refractivity contribution in [1.29, 1.82) is 0 Å². The highest BCUT2D eigenvalue weighted by Crippen LogP contribution is 2.30. The lowest BCUT2D eigenvalue weighted by molar-refractivity contribution is -0.119. The van der Waals surface area contributed by atoms with Crippen molar-refractivity contribution in [2.75, 3.05) is 5.32 Å². The van der Waals surface area contributed by atoms with E-state index in [0.29, 0.717) is 17.2 Å². The van der Waals surface area contributed by atoms with Gasteiger partial charge in [0.15, 0.2) is 10.2 Å². The van der Waals surface area contributed by atoms with E-state index in [-0.39, 0.29) is 16.9 Å². The van der Waals surface area contributed by atoms with E-state index in [4.69, 9.17) is 12.2 Å². The van der Waals surface area contributed by atoms with Gasteiger partial charge >= 0.3 is 0 Å². The molecule has 2 aromatic heterocycles. The fourth-order valence-electron chi connectivity index (χ4n) is 2.16. The first-order valence-corrected chi connectivity index (χ1v) is 10.1. The van der Waals surface area contributed by atoms with E-state index >= 15 is 0 Å².